The molecule has 0 aliphatic carbocycles. The number of sulfonamides is 1. The molecule has 1 aromatic rings. The van der Waals surface area contributed by atoms with Crippen LogP contribution in [0.5, 0.6) is 5.75 Å². The highest BCUT2D eigenvalue weighted by molar-refractivity contribution is 7.89. The zero-order chi connectivity index (χ0) is 20.4. The highest BCUT2D eigenvalue weighted by atomic mass is 35.5. The number of alkyl halides is 2. The summed E-state index contributed by atoms with van der Waals surface area (Å²) in [5, 5.41) is 6.41. The number of aliphatic imine (C=N–C) groups is 1. The number of nitrogens with zero attached hydrogens (tertiary/aromatic N) is 2. The first-order chi connectivity index (χ1) is 12.7. The molecule has 7 nitrogen and oxygen atoms in total. The van der Waals surface area contributed by atoms with Crippen LogP contribution in [0.2, 0.25) is 5.02 Å². The van der Waals surface area contributed by atoms with E-state index >= 15 is 0 Å². The van der Waals surface area contributed by atoms with Crippen LogP contribution >= 0.6 is 11.6 Å². The predicted octanol–water partition coefficient (Wildman–Crippen LogP) is 2.28. The van der Waals surface area contributed by atoms with Crippen molar-refractivity contribution < 1.29 is 21.9 Å². The summed E-state index contributed by atoms with van der Waals surface area (Å²) in [5.41, 5.74) is 0.458. The summed E-state index contributed by atoms with van der Waals surface area (Å²) in [7, 11) is -0.0933. The second kappa shape index (κ2) is 11.3. The van der Waals surface area contributed by atoms with E-state index in [0.717, 1.165) is 0 Å². The maximum Gasteiger partial charge on any atom is 0.387 e. The van der Waals surface area contributed by atoms with Gasteiger partial charge in [0.1, 0.15) is 5.75 Å². The molecule has 0 aliphatic heterocycles. The molecule has 154 valence electrons. The minimum Gasteiger partial charge on any atom is -0.434 e. The Morgan fingerprint density at radius 1 is 1.37 bits per heavy atom. The van der Waals surface area contributed by atoms with E-state index in [1.807, 2.05) is 0 Å². The molecule has 27 heavy (non-hydrogen) atoms. The molecule has 0 bridgehead atoms. The molecule has 0 unspecified atom stereocenters. The zero-order valence-corrected chi connectivity index (χ0v) is 17.1. The summed E-state index contributed by atoms with van der Waals surface area (Å²) >= 11 is 5.91. The molecule has 0 aliphatic rings. The van der Waals surface area contributed by atoms with Gasteiger partial charge in [0.25, 0.3) is 0 Å². The van der Waals surface area contributed by atoms with Crippen LogP contribution in [0.15, 0.2) is 23.2 Å². The van der Waals surface area contributed by atoms with Crippen molar-refractivity contribution >= 4 is 27.6 Å². The maximum absolute atomic E-state index is 12.5. The minimum atomic E-state index is -3.20. The highest BCUT2D eigenvalue weighted by Gasteiger charge is 2.14. The third-order valence-electron chi connectivity index (χ3n) is 3.69. The molecule has 0 aromatic heterocycles. The van der Waals surface area contributed by atoms with Gasteiger partial charge in [0.05, 0.1) is 5.75 Å². The molecule has 0 spiro atoms. The summed E-state index contributed by atoms with van der Waals surface area (Å²) in [6.45, 7) is -0.303. The van der Waals surface area contributed by atoms with Crippen LogP contribution in [0, 0.1) is 0 Å². The lowest BCUT2D eigenvalue weighted by atomic mass is 10.2. The average Bonchev–Trinajstić information content (AvgIpc) is 2.62. The fraction of sp³-hybridized carbons (Fsp3) is 0.562. The molecule has 0 amide bonds. The van der Waals surface area contributed by atoms with E-state index in [9.17, 15) is 17.2 Å². The first-order valence-electron chi connectivity index (χ1n) is 8.31. The van der Waals surface area contributed by atoms with Crippen molar-refractivity contribution in [3.63, 3.8) is 0 Å². The summed E-state index contributed by atoms with van der Waals surface area (Å²) < 4.78 is 54.1. The summed E-state index contributed by atoms with van der Waals surface area (Å²) in [5.74, 6) is 0.533. The lowest BCUT2D eigenvalue weighted by Gasteiger charge is -2.17. The quantitative estimate of drug-likeness (QED) is 0.341. The molecule has 0 heterocycles. The number of ether oxygens (including phenoxy) is 1. The molecule has 11 heteroatoms. The van der Waals surface area contributed by atoms with Gasteiger partial charge in [0, 0.05) is 44.3 Å². The Labute approximate surface area is 163 Å². The number of guanidine groups is 1. The minimum absolute atomic E-state index is 0.0313. The molecule has 0 radical (unpaired) electrons. The Bertz CT molecular complexity index is 732. The number of nitrogens with one attached hydrogen (secondary N) is 2. The van der Waals surface area contributed by atoms with Gasteiger partial charge in [-0.2, -0.15) is 8.78 Å². The number of hydrogen-bond donors (Lipinski definition) is 2. The molecular formula is C16H25ClF2N4O3S. The molecule has 1 aromatic carbocycles. The molecule has 0 saturated heterocycles. The fourth-order valence-corrected chi connectivity index (χ4v) is 3.21. The van der Waals surface area contributed by atoms with E-state index < -0.39 is 16.6 Å². The summed E-state index contributed by atoms with van der Waals surface area (Å²) in [6, 6.07) is 4.38. The monoisotopic (exact) mass is 426 g/mol. The van der Waals surface area contributed by atoms with E-state index in [-0.39, 0.29) is 18.0 Å². The second-order valence-electron chi connectivity index (χ2n) is 5.56. The highest BCUT2D eigenvalue weighted by Crippen LogP contribution is 2.24. The van der Waals surface area contributed by atoms with Crippen LogP contribution in [0.25, 0.3) is 0 Å². The van der Waals surface area contributed by atoms with Gasteiger partial charge in [-0.25, -0.2) is 12.7 Å². The molecule has 0 atom stereocenters. The molecule has 1 rings (SSSR count). The number of hydrogen-bond acceptors (Lipinski definition) is 4. The van der Waals surface area contributed by atoms with E-state index in [0.29, 0.717) is 36.1 Å². The molecule has 2 N–H and O–H groups in total. The SMILES string of the molecule is CCS(=O)(=O)N(C)CCCNC(=NC)NCc1cc(Cl)ccc1OC(F)F. The van der Waals surface area contributed by atoms with Crippen LogP contribution in [0.4, 0.5) is 8.78 Å². The second-order valence-corrected chi connectivity index (χ2v) is 8.36. The van der Waals surface area contributed by atoms with Crippen LogP contribution in [-0.2, 0) is 16.6 Å². The van der Waals surface area contributed by atoms with Gasteiger partial charge in [0.15, 0.2) is 5.96 Å². The van der Waals surface area contributed by atoms with Gasteiger partial charge in [-0.05, 0) is 31.5 Å². The standard InChI is InChI=1S/C16H25ClF2N4O3S/c1-4-27(24,25)23(3)9-5-8-21-16(20-2)22-11-12-10-13(17)6-7-14(12)26-15(18)19/h6-7,10,15H,4-5,8-9,11H2,1-3H3,(H2,20,21,22). The first-order valence-corrected chi connectivity index (χ1v) is 10.3. The Morgan fingerprint density at radius 3 is 2.67 bits per heavy atom. The van der Waals surface area contributed by atoms with E-state index in [2.05, 4.69) is 20.4 Å². The van der Waals surface area contributed by atoms with Gasteiger partial charge in [-0.1, -0.05) is 11.6 Å². The Hall–Kier alpha value is -1.65. The Balaban J connectivity index is 2.53. The summed E-state index contributed by atoms with van der Waals surface area (Å²) in [6.07, 6.45) is 0.577. The Morgan fingerprint density at radius 2 is 2.07 bits per heavy atom. The van der Waals surface area contributed by atoms with Crippen LogP contribution < -0.4 is 15.4 Å². The predicted molar refractivity (Wildman–Crippen MR) is 103 cm³/mol. The van der Waals surface area contributed by atoms with Crippen LogP contribution in [-0.4, -0.2) is 58.2 Å². The normalized spacial score (nSPS) is 12.5. The lowest BCUT2D eigenvalue weighted by Crippen LogP contribution is -2.38. The van der Waals surface area contributed by atoms with Crippen LogP contribution in [0.1, 0.15) is 18.9 Å². The molecule has 0 fully saturated rings. The molecular weight excluding hydrogens is 402 g/mol. The van der Waals surface area contributed by atoms with Crippen molar-refractivity contribution in [3.8, 4) is 5.75 Å². The average molecular weight is 427 g/mol. The van der Waals surface area contributed by atoms with Crippen molar-refractivity contribution in [2.24, 2.45) is 4.99 Å². The fourth-order valence-electron chi connectivity index (χ4n) is 2.16. The van der Waals surface area contributed by atoms with Gasteiger partial charge >= 0.3 is 6.61 Å². The Kier molecular flexibility index (Phi) is 9.75. The van der Waals surface area contributed by atoms with Gasteiger partial charge in [-0.3, -0.25) is 4.99 Å². The topological polar surface area (TPSA) is 83.0 Å². The van der Waals surface area contributed by atoms with Crippen molar-refractivity contribution in [3.05, 3.63) is 28.8 Å². The number of halogens is 3. The van der Waals surface area contributed by atoms with Crippen molar-refractivity contribution in [2.75, 3.05) is 32.9 Å². The maximum atomic E-state index is 12.5. The van der Waals surface area contributed by atoms with E-state index in [1.165, 1.54) is 29.6 Å². The zero-order valence-electron chi connectivity index (χ0n) is 15.5. The lowest BCUT2D eigenvalue weighted by molar-refractivity contribution is -0.0504. The third kappa shape index (κ3) is 8.27. The van der Waals surface area contributed by atoms with E-state index in [4.69, 9.17) is 11.6 Å². The smallest absolute Gasteiger partial charge is 0.387 e. The van der Waals surface area contributed by atoms with Crippen LogP contribution in [0.3, 0.4) is 0 Å². The first kappa shape index (κ1) is 23.4. The van der Waals surface area contributed by atoms with E-state index in [1.54, 1.807) is 14.0 Å². The van der Waals surface area contributed by atoms with Gasteiger partial charge in [0.2, 0.25) is 10.0 Å². The molecule has 0 saturated carbocycles. The van der Waals surface area contributed by atoms with Crippen molar-refractivity contribution in [2.45, 2.75) is 26.5 Å². The van der Waals surface area contributed by atoms with Gasteiger partial charge < -0.3 is 15.4 Å². The van der Waals surface area contributed by atoms with Gasteiger partial charge in [-0.15, -0.1) is 0 Å². The van der Waals surface area contributed by atoms with Crippen molar-refractivity contribution in [1.82, 2.24) is 14.9 Å². The number of rotatable bonds is 10. The third-order valence-corrected chi connectivity index (χ3v) is 5.79. The largest absolute Gasteiger partial charge is 0.434 e. The number of benzene rings is 1. The van der Waals surface area contributed by atoms with Crippen molar-refractivity contribution in [1.29, 1.82) is 0 Å². The summed E-state index contributed by atoms with van der Waals surface area (Å²) in [4.78, 5) is 4.04.